The van der Waals surface area contributed by atoms with Gasteiger partial charge in [-0.25, -0.2) is 4.98 Å². The van der Waals surface area contributed by atoms with Gasteiger partial charge in [0.15, 0.2) is 0 Å². The Kier molecular flexibility index (Phi) is 6.81. The van der Waals surface area contributed by atoms with E-state index in [1.165, 1.54) is 0 Å². The Bertz CT molecular complexity index is 358. The highest BCUT2D eigenvalue weighted by molar-refractivity contribution is 9.10. The lowest BCUT2D eigenvalue weighted by molar-refractivity contribution is 0.0911. The number of halogens is 1. The van der Waals surface area contributed by atoms with Crippen molar-refractivity contribution < 1.29 is 9.53 Å². The molecule has 0 aromatic carbocycles. The predicted octanol–water partition coefficient (Wildman–Crippen LogP) is 2.39. The van der Waals surface area contributed by atoms with Crippen LogP contribution in [0.5, 0.6) is 0 Å². The first-order valence-electron chi connectivity index (χ1n) is 5.72. The van der Waals surface area contributed by atoms with Crippen LogP contribution in [-0.2, 0) is 4.74 Å². The normalized spacial score (nSPS) is 10.2. The largest absolute Gasteiger partial charge is 0.380 e. The van der Waals surface area contributed by atoms with Gasteiger partial charge < -0.3 is 10.1 Å². The lowest BCUT2D eigenvalue weighted by atomic mass is 10.3. The molecule has 0 aliphatic heterocycles. The number of hydrogen-bond donors (Lipinski definition) is 1. The number of amides is 1. The third-order valence-corrected chi connectivity index (χ3v) is 2.81. The fourth-order valence-corrected chi connectivity index (χ4v) is 1.67. The van der Waals surface area contributed by atoms with E-state index >= 15 is 0 Å². The molecule has 0 spiro atoms. The molecule has 0 unspecified atom stereocenters. The van der Waals surface area contributed by atoms with E-state index in [1.807, 2.05) is 0 Å². The molecule has 0 aliphatic rings. The zero-order valence-corrected chi connectivity index (χ0v) is 11.5. The van der Waals surface area contributed by atoms with Crippen LogP contribution in [-0.4, -0.2) is 30.6 Å². The average Bonchev–Trinajstić information content (AvgIpc) is 2.34. The molecule has 1 amide bonds. The van der Waals surface area contributed by atoms with Crippen molar-refractivity contribution in [3.8, 4) is 0 Å². The van der Waals surface area contributed by atoms with Gasteiger partial charge in [0.1, 0.15) is 4.60 Å². The van der Waals surface area contributed by atoms with E-state index in [1.54, 1.807) is 18.3 Å². The molecule has 4 nitrogen and oxygen atoms in total. The summed E-state index contributed by atoms with van der Waals surface area (Å²) in [5, 5.41) is 2.78. The Morgan fingerprint density at radius 2 is 2.35 bits per heavy atom. The number of unbranched alkanes of at least 4 members (excludes halogenated alkanes) is 1. The minimum Gasteiger partial charge on any atom is -0.380 e. The van der Waals surface area contributed by atoms with Gasteiger partial charge in [0.25, 0.3) is 5.91 Å². The summed E-state index contributed by atoms with van der Waals surface area (Å²) in [6.07, 6.45) is 3.81. The molecule has 1 rings (SSSR count). The SMILES string of the molecule is CCCCOCCNC(=O)c1cccnc1Br. The van der Waals surface area contributed by atoms with Crippen molar-refractivity contribution in [3.63, 3.8) is 0 Å². The van der Waals surface area contributed by atoms with Crippen LogP contribution in [0.3, 0.4) is 0 Å². The van der Waals surface area contributed by atoms with E-state index in [9.17, 15) is 4.79 Å². The van der Waals surface area contributed by atoms with Crippen LogP contribution >= 0.6 is 15.9 Å². The summed E-state index contributed by atoms with van der Waals surface area (Å²) in [5.74, 6) is -0.135. The van der Waals surface area contributed by atoms with Crippen LogP contribution in [0.4, 0.5) is 0 Å². The molecule has 17 heavy (non-hydrogen) atoms. The quantitative estimate of drug-likeness (QED) is 0.621. The average molecular weight is 301 g/mol. The first-order valence-corrected chi connectivity index (χ1v) is 6.51. The molecule has 0 bridgehead atoms. The number of nitrogens with zero attached hydrogens (tertiary/aromatic N) is 1. The van der Waals surface area contributed by atoms with Gasteiger partial charge in [-0.1, -0.05) is 13.3 Å². The van der Waals surface area contributed by atoms with E-state index in [-0.39, 0.29) is 5.91 Å². The number of hydrogen-bond acceptors (Lipinski definition) is 3. The summed E-state index contributed by atoms with van der Waals surface area (Å²) >= 11 is 3.24. The first-order chi connectivity index (χ1) is 8.25. The van der Waals surface area contributed by atoms with Gasteiger partial charge in [-0.2, -0.15) is 0 Å². The second-order valence-corrected chi connectivity index (χ2v) is 4.31. The number of ether oxygens (including phenoxy) is 1. The van der Waals surface area contributed by atoms with Crippen molar-refractivity contribution in [2.45, 2.75) is 19.8 Å². The molecule has 1 aromatic rings. The van der Waals surface area contributed by atoms with Crippen LogP contribution in [0, 0.1) is 0 Å². The maximum absolute atomic E-state index is 11.7. The number of carbonyl (C=O) groups excluding carboxylic acids is 1. The van der Waals surface area contributed by atoms with Gasteiger partial charge in [0, 0.05) is 19.3 Å². The maximum Gasteiger partial charge on any atom is 0.254 e. The molecule has 0 saturated heterocycles. The minimum atomic E-state index is -0.135. The number of nitrogens with one attached hydrogen (secondary N) is 1. The summed E-state index contributed by atoms with van der Waals surface area (Å²) in [5.41, 5.74) is 0.543. The lowest BCUT2D eigenvalue weighted by Gasteiger charge is -2.06. The van der Waals surface area contributed by atoms with Gasteiger partial charge in [0.05, 0.1) is 12.2 Å². The molecule has 5 heteroatoms. The predicted molar refractivity (Wildman–Crippen MR) is 70.0 cm³/mol. The lowest BCUT2D eigenvalue weighted by Crippen LogP contribution is -2.27. The van der Waals surface area contributed by atoms with Gasteiger partial charge in [0.2, 0.25) is 0 Å². The molecule has 0 radical (unpaired) electrons. The monoisotopic (exact) mass is 300 g/mol. The standard InChI is InChI=1S/C12H17BrN2O2/c1-2-3-8-17-9-7-15-12(16)10-5-4-6-14-11(10)13/h4-6H,2-3,7-9H2,1H3,(H,15,16). The Morgan fingerprint density at radius 3 is 3.06 bits per heavy atom. The topological polar surface area (TPSA) is 51.2 Å². The number of pyridine rings is 1. The molecular formula is C12H17BrN2O2. The van der Waals surface area contributed by atoms with Gasteiger partial charge >= 0.3 is 0 Å². The molecular weight excluding hydrogens is 284 g/mol. The van der Waals surface area contributed by atoms with Crippen molar-refractivity contribution in [1.29, 1.82) is 0 Å². The third-order valence-electron chi connectivity index (χ3n) is 2.18. The highest BCUT2D eigenvalue weighted by atomic mass is 79.9. The minimum absolute atomic E-state index is 0.135. The fourth-order valence-electron chi connectivity index (χ4n) is 1.24. The smallest absolute Gasteiger partial charge is 0.254 e. The zero-order chi connectivity index (χ0) is 12.5. The van der Waals surface area contributed by atoms with Crippen LogP contribution < -0.4 is 5.32 Å². The van der Waals surface area contributed by atoms with Gasteiger partial charge in [-0.15, -0.1) is 0 Å². The van der Waals surface area contributed by atoms with E-state index in [4.69, 9.17) is 4.74 Å². The highest BCUT2D eigenvalue weighted by Crippen LogP contribution is 2.11. The fraction of sp³-hybridized carbons (Fsp3) is 0.500. The third kappa shape index (κ3) is 5.28. The van der Waals surface area contributed by atoms with Crippen LogP contribution in [0.25, 0.3) is 0 Å². The Morgan fingerprint density at radius 1 is 1.53 bits per heavy atom. The van der Waals surface area contributed by atoms with Crippen molar-refractivity contribution in [2.75, 3.05) is 19.8 Å². The van der Waals surface area contributed by atoms with E-state index in [0.717, 1.165) is 19.4 Å². The number of carbonyl (C=O) groups is 1. The molecule has 0 atom stereocenters. The van der Waals surface area contributed by atoms with Gasteiger partial charge in [-0.05, 0) is 34.5 Å². The molecule has 1 heterocycles. The van der Waals surface area contributed by atoms with Crippen molar-refractivity contribution in [2.24, 2.45) is 0 Å². The number of aromatic nitrogens is 1. The highest BCUT2D eigenvalue weighted by Gasteiger charge is 2.08. The van der Waals surface area contributed by atoms with Crippen molar-refractivity contribution >= 4 is 21.8 Å². The van der Waals surface area contributed by atoms with Crippen molar-refractivity contribution in [1.82, 2.24) is 10.3 Å². The van der Waals surface area contributed by atoms with Crippen LogP contribution in [0.15, 0.2) is 22.9 Å². The second-order valence-electron chi connectivity index (χ2n) is 3.56. The second kappa shape index (κ2) is 8.20. The van der Waals surface area contributed by atoms with Crippen LogP contribution in [0.2, 0.25) is 0 Å². The Balaban J connectivity index is 2.24. The van der Waals surface area contributed by atoms with Crippen molar-refractivity contribution in [3.05, 3.63) is 28.5 Å². The molecule has 1 aromatic heterocycles. The summed E-state index contributed by atoms with van der Waals surface area (Å²) in [7, 11) is 0. The summed E-state index contributed by atoms with van der Waals surface area (Å²) in [6.45, 7) is 3.93. The molecule has 0 saturated carbocycles. The maximum atomic E-state index is 11.7. The summed E-state index contributed by atoms with van der Waals surface area (Å²) in [4.78, 5) is 15.7. The van der Waals surface area contributed by atoms with Crippen LogP contribution in [0.1, 0.15) is 30.1 Å². The molecule has 0 fully saturated rings. The summed E-state index contributed by atoms with van der Waals surface area (Å²) < 4.78 is 5.91. The first kappa shape index (κ1) is 14.1. The van der Waals surface area contributed by atoms with E-state index in [0.29, 0.717) is 23.3 Å². The Hall–Kier alpha value is -0.940. The Labute approximate surface area is 110 Å². The summed E-state index contributed by atoms with van der Waals surface area (Å²) in [6, 6.07) is 3.46. The molecule has 1 N–H and O–H groups in total. The number of rotatable bonds is 7. The zero-order valence-electron chi connectivity index (χ0n) is 9.91. The van der Waals surface area contributed by atoms with Gasteiger partial charge in [-0.3, -0.25) is 4.79 Å². The van der Waals surface area contributed by atoms with E-state index < -0.39 is 0 Å². The van der Waals surface area contributed by atoms with E-state index in [2.05, 4.69) is 33.2 Å². The molecule has 0 aliphatic carbocycles. The molecule has 94 valence electrons.